The van der Waals surface area contributed by atoms with Crippen molar-refractivity contribution in [3.8, 4) is 5.69 Å². The van der Waals surface area contributed by atoms with E-state index in [4.69, 9.17) is 24.8 Å². The normalized spacial score (nSPS) is 10.6. The molecule has 0 aliphatic carbocycles. The fourth-order valence-electron chi connectivity index (χ4n) is 1.18. The molecule has 0 spiro atoms. The second-order valence-electron chi connectivity index (χ2n) is 2.93. The third-order valence-electron chi connectivity index (χ3n) is 1.84. The molecule has 2 aromatic rings. The van der Waals surface area contributed by atoms with E-state index in [0.29, 0.717) is 0 Å². The van der Waals surface area contributed by atoms with Gasteiger partial charge in [0.05, 0.1) is 5.69 Å². The Hall–Kier alpha value is -0.300. The van der Waals surface area contributed by atoms with Crippen LogP contribution in [0.3, 0.4) is 0 Å². The maximum Gasteiger partial charge on any atom is 0.184 e. The third-order valence-corrected chi connectivity index (χ3v) is 4.67. The van der Waals surface area contributed by atoms with Gasteiger partial charge in [-0.1, -0.05) is 53.9 Å². The summed E-state index contributed by atoms with van der Waals surface area (Å²) in [5, 5.41) is 4.47. The van der Waals surface area contributed by atoms with Gasteiger partial charge in [0.15, 0.2) is 8.29 Å². The van der Waals surface area contributed by atoms with Crippen molar-refractivity contribution >= 4 is 47.9 Å². The number of aromatic nitrogens is 2. The third kappa shape index (κ3) is 2.88. The molecule has 0 saturated heterocycles. The Kier molecular flexibility index (Phi) is 4.45. The second kappa shape index (κ2) is 5.86. The van der Waals surface area contributed by atoms with Crippen LogP contribution in [0.15, 0.2) is 34.7 Å². The molecule has 0 amide bonds. The van der Waals surface area contributed by atoms with Crippen molar-refractivity contribution < 1.29 is 0 Å². The molecule has 1 aromatic heterocycles. The summed E-state index contributed by atoms with van der Waals surface area (Å²) < 4.78 is 3.56. The van der Waals surface area contributed by atoms with Gasteiger partial charge in [0.1, 0.15) is 0 Å². The fourth-order valence-corrected chi connectivity index (χ4v) is 3.60. The molecule has 1 aromatic carbocycles. The van der Waals surface area contributed by atoms with Gasteiger partial charge in [-0.3, -0.25) is 0 Å². The Labute approximate surface area is 113 Å². The largest absolute Gasteiger partial charge is 0.211 e. The first-order valence-electron chi connectivity index (χ1n) is 4.68. The van der Waals surface area contributed by atoms with Crippen molar-refractivity contribution in [1.82, 2.24) is 9.78 Å². The number of hydrogen-bond donors (Lipinski definition) is 0. The SMILES string of the molecule is [S]CCSc1nn(-c2ccccc2)c(=S)s1. The Balaban J connectivity index is 2.29. The van der Waals surface area contributed by atoms with Crippen molar-refractivity contribution in [2.75, 3.05) is 11.5 Å². The molecule has 2 rings (SSSR count). The summed E-state index contributed by atoms with van der Waals surface area (Å²) in [7, 11) is 0. The summed E-state index contributed by atoms with van der Waals surface area (Å²) in [6.45, 7) is 0. The first-order valence-corrected chi connectivity index (χ1v) is 7.46. The average Bonchev–Trinajstić information content (AvgIpc) is 2.69. The molecule has 6 heteroatoms. The number of thioether (sulfide) groups is 1. The van der Waals surface area contributed by atoms with Crippen LogP contribution in [0.1, 0.15) is 0 Å². The maximum atomic E-state index is 5.28. The van der Waals surface area contributed by atoms with E-state index in [0.717, 1.165) is 25.5 Å². The molecule has 0 bridgehead atoms. The minimum Gasteiger partial charge on any atom is -0.211 e. The van der Waals surface area contributed by atoms with Gasteiger partial charge in [-0.15, -0.1) is 5.10 Å². The minimum atomic E-state index is 0.738. The Morgan fingerprint density at radius 3 is 2.75 bits per heavy atom. The van der Waals surface area contributed by atoms with E-state index in [1.54, 1.807) is 16.4 Å². The van der Waals surface area contributed by atoms with Gasteiger partial charge in [-0.25, -0.2) is 4.68 Å². The van der Waals surface area contributed by atoms with Crippen LogP contribution in [-0.4, -0.2) is 21.3 Å². The van der Waals surface area contributed by atoms with Crippen LogP contribution in [0.4, 0.5) is 0 Å². The highest BCUT2D eigenvalue weighted by atomic mass is 32.2. The van der Waals surface area contributed by atoms with Crippen molar-refractivity contribution in [2.45, 2.75) is 4.34 Å². The first kappa shape index (κ1) is 12.2. The van der Waals surface area contributed by atoms with E-state index in [9.17, 15) is 0 Å². The lowest BCUT2D eigenvalue weighted by molar-refractivity contribution is 0.829. The molecule has 2 nitrogen and oxygen atoms in total. The number of hydrogen-bond acceptors (Lipinski definition) is 4. The molecule has 0 aliphatic rings. The van der Waals surface area contributed by atoms with E-state index in [2.05, 4.69) is 5.10 Å². The molecule has 0 N–H and O–H groups in total. The maximum absolute atomic E-state index is 5.28. The zero-order valence-corrected chi connectivity index (χ0v) is 11.6. The lowest BCUT2D eigenvalue weighted by atomic mass is 10.3. The number of nitrogens with zero attached hydrogens (tertiary/aromatic N) is 2. The van der Waals surface area contributed by atoms with Gasteiger partial charge in [0.25, 0.3) is 0 Å². The summed E-state index contributed by atoms with van der Waals surface area (Å²) in [5.74, 6) is 1.65. The molecular weight excluding hydrogens is 276 g/mol. The molecule has 16 heavy (non-hydrogen) atoms. The van der Waals surface area contributed by atoms with E-state index in [1.807, 2.05) is 30.3 Å². The number of rotatable bonds is 4. The van der Waals surface area contributed by atoms with Crippen LogP contribution in [0, 0.1) is 3.95 Å². The Morgan fingerprint density at radius 1 is 1.31 bits per heavy atom. The molecule has 0 atom stereocenters. The van der Waals surface area contributed by atoms with Gasteiger partial charge < -0.3 is 0 Å². The van der Waals surface area contributed by atoms with Crippen LogP contribution >= 0.6 is 47.9 Å². The van der Waals surface area contributed by atoms with Gasteiger partial charge >= 0.3 is 0 Å². The average molecular weight is 285 g/mol. The standard InChI is InChI=1S/C10H9N2S4/c13-6-7-15-9-11-12(10(14)16-9)8-4-2-1-3-5-8/h1-5H,6-7H2. The van der Waals surface area contributed by atoms with E-state index in [-0.39, 0.29) is 0 Å². The Morgan fingerprint density at radius 2 is 2.06 bits per heavy atom. The smallest absolute Gasteiger partial charge is 0.184 e. The highest BCUT2D eigenvalue weighted by molar-refractivity contribution is 8.01. The van der Waals surface area contributed by atoms with Crippen LogP contribution in [0.5, 0.6) is 0 Å². The zero-order chi connectivity index (χ0) is 11.4. The molecule has 0 unspecified atom stereocenters. The van der Waals surface area contributed by atoms with Crippen LogP contribution in [-0.2, 0) is 0 Å². The van der Waals surface area contributed by atoms with Gasteiger partial charge in [0, 0.05) is 11.5 Å². The van der Waals surface area contributed by atoms with Gasteiger partial charge in [-0.05, 0) is 24.4 Å². The fraction of sp³-hybridized carbons (Fsp3) is 0.200. The molecule has 0 saturated carbocycles. The van der Waals surface area contributed by atoms with Crippen LogP contribution in [0.25, 0.3) is 5.69 Å². The van der Waals surface area contributed by atoms with Crippen molar-refractivity contribution in [2.24, 2.45) is 0 Å². The molecule has 1 heterocycles. The topological polar surface area (TPSA) is 17.8 Å². The van der Waals surface area contributed by atoms with Gasteiger partial charge in [-0.2, -0.15) is 0 Å². The summed E-state index contributed by atoms with van der Waals surface area (Å²) in [4.78, 5) is 0. The minimum absolute atomic E-state index is 0.738. The second-order valence-corrected chi connectivity index (χ2v) is 6.31. The summed E-state index contributed by atoms with van der Waals surface area (Å²) >= 11 is 13.4. The van der Waals surface area contributed by atoms with Crippen LogP contribution in [0.2, 0.25) is 0 Å². The highest BCUT2D eigenvalue weighted by Gasteiger charge is 2.05. The number of benzene rings is 1. The van der Waals surface area contributed by atoms with E-state index >= 15 is 0 Å². The van der Waals surface area contributed by atoms with Crippen LogP contribution < -0.4 is 0 Å². The molecule has 0 fully saturated rings. The number of para-hydroxylation sites is 1. The van der Waals surface area contributed by atoms with Gasteiger partial charge in [0.2, 0.25) is 0 Å². The predicted molar refractivity (Wildman–Crippen MR) is 75.5 cm³/mol. The summed E-state index contributed by atoms with van der Waals surface area (Å²) in [6.07, 6.45) is 0. The zero-order valence-electron chi connectivity index (χ0n) is 8.33. The Bertz CT molecular complexity index is 503. The van der Waals surface area contributed by atoms with E-state index in [1.165, 1.54) is 11.3 Å². The predicted octanol–water partition coefficient (Wildman–Crippen LogP) is 3.95. The molecule has 0 aliphatic heterocycles. The highest BCUT2D eigenvalue weighted by Crippen LogP contribution is 2.23. The van der Waals surface area contributed by atoms with Crippen molar-refractivity contribution in [3.05, 3.63) is 34.3 Å². The quantitative estimate of drug-likeness (QED) is 0.625. The lowest BCUT2D eigenvalue weighted by Crippen LogP contribution is -1.95. The van der Waals surface area contributed by atoms with Crippen molar-refractivity contribution in [1.29, 1.82) is 0 Å². The molecule has 83 valence electrons. The summed E-state index contributed by atoms with van der Waals surface area (Å²) in [6, 6.07) is 9.93. The van der Waals surface area contributed by atoms with E-state index < -0.39 is 0 Å². The van der Waals surface area contributed by atoms with Crippen molar-refractivity contribution in [3.63, 3.8) is 0 Å². The lowest BCUT2D eigenvalue weighted by Gasteiger charge is -1.98. The monoisotopic (exact) mass is 285 g/mol. The molecule has 1 radical (unpaired) electrons. The first-order chi connectivity index (χ1) is 7.81. The molecular formula is C10H9N2S4. The summed E-state index contributed by atoms with van der Waals surface area (Å²) in [5.41, 5.74) is 1.01.